The highest BCUT2D eigenvalue weighted by atomic mass is 16.5. The van der Waals surface area contributed by atoms with E-state index in [0.29, 0.717) is 12.1 Å². The van der Waals surface area contributed by atoms with Gasteiger partial charge in [-0.25, -0.2) is 4.79 Å². The summed E-state index contributed by atoms with van der Waals surface area (Å²) < 4.78 is 4.73. The molecule has 1 fully saturated rings. The fraction of sp³-hybridized carbons (Fsp3) is 0.917. The van der Waals surface area contributed by atoms with Gasteiger partial charge in [0.25, 0.3) is 0 Å². The maximum absolute atomic E-state index is 11.4. The van der Waals surface area contributed by atoms with E-state index in [9.17, 15) is 4.79 Å². The maximum atomic E-state index is 11.4. The van der Waals surface area contributed by atoms with E-state index in [0.717, 1.165) is 32.2 Å². The Morgan fingerprint density at radius 1 is 1.38 bits per heavy atom. The van der Waals surface area contributed by atoms with Gasteiger partial charge in [-0.2, -0.15) is 0 Å². The number of methoxy groups -OCH3 is 1. The van der Waals surface area contributed by atoms with Crippen LogP contribution in [0.4, 0.5) is 4.79 Å². The molecule has 4 nitrogen and oxygen atoms in total. The minimum absolute atomic E-state index is 0.218. The Kier molecular flexibility index (Phi) is 5.60. The van der Waals surface area contributed by atoms with Gasteiger partial charge in [-0.3, -0.25) is 0 Å². The van der Waals surface area contributed by atoms with E-state index in [1.165, 1.54) is 13.5 Å². The van der Waals surface area contributed by atoms with Gasteiger partial charge in [0.15, 0.2) is 0 Å². The van der Waals surface area contributed by atoms with Crippen molar-refractivity contribution < 1.29 is 9.53 Å². The largest absolute Gasteiger partial charge is 0.453 e. The van der Waals surface area contributed by atoms with E-state index >= 15 is 0 Å². The molecule has 0 bridgehead atoms. The molecule has 1 N–H and O–H groups in total. The Hall–Kier alpha value is -0.770. The second-order valence-electron chi connectivity index (χ2n) is 4.54. The van der Waals surface area contributed by atoms with Crippen LogP contribution in [0.1, 0.15) is 39.0 Å². The smallest absolute Gasteiger partial charge is 0.409 e. The van der Waals surface area contributed by atoms with Gasteiger partial charge in [-0.05, 0) is 38.6 Å². The molecule has 94 valence electrons. The summed E-state index contributed by atoms with van der Waals surface area (Å²) in [5.41, 5.74) is 0. The van der Waals surface area contributed by atoms with Crippen molar-refractivity contribution in [1.29, 1.82) is 0 Å². The second-order valence-corrected chi connectivity index (χ2v) is 4.54. The number of carbonyl (C=O) groups is 1. The first-order chi connectivity index (χ1) is 7.69. The molecular weight excluding hydrogens is 204 g/mol. The lowest BCUT2D eigenvalue weighted by Gasteiger charge is -2.34. The number of amides is 1. The Bertz CT molecular complexity index is 213. The van der Waals surface area contributed by atoms with Gasteiger partial charge in [-0.1, -0.05) is 6.92 Å². The second kappa shape index (κ2) is 6.74. The molecule has 0 unspecified atom stereocenters. The van der Waals surface area contributed by atoms with E-state index in [-0.39, 0.29) is 6.09 Å². The van der Waals surface area contributed by atoms with Gasteiger partial charge in [0.2, 0.25) is 0 Å². The van der Waals surface area contributed by atoms with Crippen molar-refractivity contribution in [2.45, 2.75) is 51.1 Å². The van der Waals surface area contributed by atoms with Crippen LogP contribution in [0.2, 0.25) is 0 Å². The summed E-state index contributed by atoms with van der Waals surface area (Å²) in [6, 6.07) is 0.995. The van der Waals surface area contributed by atoms with Crippen LogP contribution >= 0.6 is 0 Å². The number of ether oxygens (including phenoxy) is 1. The van der Waals surface area contributed by atoms with Crippen LogP contribution in [0.15, 0.2) is 0 Å². The fourth-order valence-corrected chi connectivity index (χ4v) is 2.31. The average Bonchev–Trinajstić information content (AvgIpc) is 2.35. The summed E-state index contributed by atoms with van der Waals surface area (Å²) in [4.78, 5) is 13.1. The van der Waals surface area contributed by atoms with E-state index in [4.69, 9.17) is 4.74 Å². The van der Waals surface area contributed by atoms with Crippen molar-refractivity contribution in [2.24, 2.45) is 0 Å². The van der Waals surface area contributed by atoms with E-state index in [1.54, 1.807) is 4.90 Å². The minimum Gasteiger partial charge on any atom is -0.453 e. The predicted molar refractivity (Wildman–Crippen MR) is 64.5 cm³/mol. The van der Waals surface area contributed by atoms with Crippen molar-refractivity contribution in [1.82, 2.24) is 10.2 Å². The van der Waals surface area contributed by atoms with Gasteiger partial charge < -0.3 is 15.0 Å². The highest BCUT2D eigenvalue weighted by Gasteiger charge is 2.26. The lowest BCUT2D eigenvalue weighted by Crippen LogP contribution is -2.43. The molecule has 16 heavy (non-hydrogen) atoms. The van der Waals surface area contributed by atoms with E-state index in [2.05, 4.69) is 12.2 Å². The molecule has 0 radical (unpaired) electrons. The minimum atomic E-state index is -0.218. The zero-order valence-corrected chi connectivity index (χ0v) is 10.7. The Balaban J connectivity index is 2.28. The summed E-state index contributed by atoms with van der Waals surface area (Å²) in [5.74, 6) is 0. The third-order valence-corrected chi connectivity index (χ3v) is 3.39. The van der Waals surface area contributed by atoms with Crippen LogP contribution in [0.25, 0.3) is 0 Å². The molecule has 0 atom stereocenters. The predicted octanol–water partition coefficient (Wildman–Crippen LogP) is 2.00. The number of hydrogen-bond donors (Lipinski definition) is 1. The number of nitrogens with one attached hydrogen (secondary N) is 1. The third kappa shape index (κ3) is 3.67. The number of rotatable bonds is 4. The molecule has 1 saturated carbocycles. The average molecular weight is 228 g/mol. The quantitative estimate of drug-likeness (QED) is 0.800. The highest BCUT2D eigenvalue weighted by molar-refractivity contribution is 5.67. The van der Waals surface area contributed by atoms with Crippen molar-refractivity contribution in [3.63, 3.8) is 0 Å². The van der Waals surface area contributed by atoms with Crippen LogP contribution in [-0.4, -0.2) is 43.8 Å². The molecule has 0 aromatic carbocycles. The normalized spacial score (nSPS) is 25.2. The first kappa shape index (κ1) is 13.3. The molecule has 1 aliphatic rings. The van der Waals surface area contributed by atoms with Crippen LogP contribution < -0.4 is 5.32 Å². The Morgan fingerprint density at radius 2 is 2.00 bits per heavy atom. The molecule has 0 aromatic heterocycles. The van der Waals surface area contributed by atoms with Gasteiger partial charge >= 0.3 is 6.09 Å². The molecule has 1 aliphatic carbocycles. The SMILES string of the molecule is CCCNC1CCC(N(C)C(=O)OC)CC1. The Morgan fingerprint density at radius 3 is 2.50 bits per heavy atom. The van der Waals surface area contributed by atoms with Crippen molar-refractivity contribution >= 4 is 6.09 Å². The highest BCUT2D eigenvalue weighted by Crippen LogP contribution is 2.22. The molecule has 1 rings (SSSR count). The third-order valence-electron chi connectivity index (χ3n) is 3.39. The Labute approximate surface area is 98.3 Å². The van der Waals surface area contributed by atoms with Gasteiger partial charge in [0.1, 0.15) is 0 Å². The zero-order chi connectivity index (χ0) is 12.0. The van der Waals surface area contributed by atoms with Crippen molar-refractivity contribution in [3.05, 3.63) is 0 Å². The first-order valence-corrected chi connectivity index (χ1v) is 6.23. The standard InChI is InChI=1S/C12H24N2O2/c1-4-9-13-10-5-7-11(8-6-10)14(2)12(15)16-3/h10-11,13H,4-9H2,1-3H3. The van der Waals surface area contributed by atoms with Gasteiger partial charge in [-0.15, -0.1) is 0 Å². The monoisotopic (exact) mass is 228 g/mol. The number of nitrogens with zero attached hydrogens (tertiary/aromatic N) is 1. The number of hydrogen-bond acceptors (Lipinski definition) is 3. The summed E-state index contributed by atoms with van der Waals surface area (Å²) in [5, 5.41) is 3.54. The molecule has 4 heteroatoms. The lowest BCUT2D eigenvalue weighted by molar-refractivity contribution is 0.104. The van der Waals surface area contributed by atoms with Crippen molar-refractivity contribution in [3.8, 4) is 0 Å². The van der Waals surface area contributed by atoms with Gasteiger partial charge in [0.05, 0.1) is 7.11 Å². The zero-order valence-electron chi connectivity index (χ0n) is 10.7. The lowest BCUT2D eigenvalue weighted by atomic mass is 9.90. The summed E-state index contributed by atoms with van der Waals surface area (Å²) >= 11 is 0. The summed E-state index contributed by atoms with van der Waals surface area (Å²) in [6.07, 6.45) is 5.44. The van der Waals surface area contributed by atoms with Gasteiger partial charge in [0, 0.05) is 19.1 Å². The molecule has 1 amide bonds. The molecule has 0 spiro atoms. The topological polar surface area (TPSA) is 41.6 Å². The first-order valence-electron chi connectivity index (χ1n) is 6.23. The molecule has 0 heterocycles. The summed E-state index contributed by atoms with van der Waals surface area (Å²) in [7, 11) is 3.27. The molecule has 0 saturated heterocycles. The fourth-order valence-electron chi connectivity index (χ4n) is 2.31. The van der Waals surface area contributed by atoms with Crippen LogP contribution in [0.5, 0.6) is 0 Å². The number of carbonyl (C=O) groups excluding carboxylic acids is 1. The molecular formula is C12H24N2O2. The van der Waals surface area contributed by atoms with E-state index in [1.807, 2.05) is 7.05 Å². The van der Waals surface area contributed by atoms with Crippen LogP contribution in [0.3, 0.4) is 0 Å². The molecule has 0 aliphatic heterocycles. The summed E-state index contributed by atoms with van der Waals surface area (Å²) in [6.45, 7) is 3.28. The molecule has 0 aromatic rings. The van der Waals surface area contributed by atoms with E-state index < -0.39 is 0 Å². The van der Waals surface area contributed by atoms with Crippen molar-refractivity contribution in [2.75, 3.05) is 20.7 Å². The maximum Gasteiger partial charge on any atom is 0.409 e. The van der Waals surface area contributed by atoms with Crippen LogP contribution in [0, 0.1) is 0 Å². The van der Waals surface area contributed by atoms with Crippen LogP contribution in [-0.2, 0) is 4.74 Å².